The van der Waals surface area contributed by atoms with Gasteiger partial charge in [-0.25, -0.2) is 0 Å². The van der Waals surface area contributed by atoms with Crippen LogP contribution in [0.25, 0.3) is 0 Å². The third kappa shape index (κ3) is 66.2. The van der Waals surface area contributed by atoms with Crippen LogP contribution >= 0.6 is 0 Å². The number of hydrogen-bond donors (Lipinski definition) is 0. The van der Waals surface area contributed by atoms with E-state index in [2.05, 4.69) is 154 Å². The highest BCUT2D eigenvalue weighted by Crippen LogP contribution is 2.16. The number of carbonyl (C=O) groups excluding carboxylic acids is 3. The first-order chi connectivity index (χ1) is 40.0. The molecule has 81 heavy (non-hydrogen) atoms. The summed E-state index contributed by atoms with van der Waals surface area (Å²) in [7, 11) is 0. The summed E-state index contributed by atoms with van der Waals surface area (Å²) >= 11 is 0. The number of rotatable bonds is 60. The second-order valence-electron chi connectivity index (χ2n) is 22.0. The zero-order valence-corrected chi connectivity index (χ0v) is 52.8. The summed E-state index contributed by atoms with van der Waals surface area (Å²) in [6.45, 7) is 6.41. The van der Waals surface area contributed by atoms with E-state index >= 15 is 0 Å². The minimum atomic E-state index is -0.787. The van der Waals surface area contributed by atoms with E-state index in [1.165, 1.54) is 128 Å². The number of allylic oxidation sites excluding steroid dienone is 22. The summed E-state index contributed by atoms with van der Waals surface area (Å²) in [4.78, 5) is 38.3. The van der Waals surface area contributed by atoms with Gasteiger partial charge in [-0.1, -0.05) is 302 Å². The van der Waals surface area contributed by atoms with E-state index in [1.54, 1.807) is 0 Å². The maximum absolute atomic E-state index is 12.9. The maximum Gasteiger partial charge on any atom is 0.306 e. The topological polar surface area (TPSA) is 78.9 Å². The van der Waals surface area contributed by atoms with Crippen molar-refractivity contribution in [2.75, 3.05) is 13.2 Å². The summed E-state index contributed by atoms with van der Waals surface area (Å²) in [5.41, 5.74) is 0. The molecule has 6 nitrogen and oxygen atoms in total. The van der Waals surface area contributed by atoms with Gasteiger partial charge in [0, 0.05) is 19.3 Å². The fourth-order valence-electron chi connectivity index (χ4n) is 9.18. The molecule has 0 heterocycles. The Kier molecular flexibility index (Phi) is 64.3. The molecule has 0 aliphatic carbocycles. The van der Waals surface area contributed by atoms with Crippen molar-refractivity contribution in [2.45, 2.75) is 309 Å². The van der Waals surface area contributed by atoms with E-state index in [-0.39, 0.29) is 31.1 Å². The molecule has 0 saturated carbocycles. The summed E-state index contributed by atoms with van der Waals surface area (Å²) in [5, 5.41) is 0. The number of esters is 3. The average Bonchev–Trinajstić information content (AvgIpc) is 3.47. The summed E-state index contributed by atoms with van der Waals surface area (Å²) in [5.74, 6) is -0.892. The highest BCUT2D eigenvalue weighted by molar-refractivity contribution is 5.71. The Bertz CT molecular complexity index is 1720. The lowest BCUT2D eigenvalue weighted by Gasteiger charge is -2.18. The molecule has 1 atom stereocenters. The monoisotopic (exact) mass is 1120 g/mol. The zero-order chi connectivity index (χ0) is 58.5. The molecule has 0 rings (SSSR count). The van der Waals surface area contributed by atoms with Crippen molar-refractivity contribution in [3.63, 3.8) is 0 Å². The molecule has 0 amide bonds. The van der Waals surface area contributed by atoms with E-state index in [0.29, 0.717) is 19.3 Å². The van der Waals surface area contributed by atoms with Gasteiger partial charge in [0.2, 0.25) is 0 Å². The summed E-state index contributed by atoms with van der Waals surface area (Å²) < 4.78 is 16.9. The van der Waals surface area contributed by atoms with E-state index in [4.69, 9.17) is 14.2 Å². The molecule has 0 bridgehead atoms. The fraction of sp³-hybridized carbons (Fsp3) is 0.667. The Balaban J connectivity index is 4.21. The van der Waals surface area contributed by atoms with Crippen LogP contribution in [0.4, 0.5) is 0 Å². The predicted octanol–water partition coefficient (Wildman–Crippen LogP) is 23.3. The van der Waals surface area contributed by atoms with E-state index in [1.807, 2.05) is 0 Å². The van der Waals surface area contributed by atoms with E-state index < -0.39 is 6.10 Å². The molecule has 0 spiro atoms. The molecule has 0 fully saturated rings. The zero-order valence-electron chi connectivity index (χ0n) is 52.8. The van der Waals surface area contributed by atoms with Crippen LogP contribution in [0.1, 0.15) is 303 Å². The summed E-state index contributed by atoms with van der Waals surface area (Å²) in [6.07, 6.45) is 96.1. The van der Waals surface area contributed by atoms with Crippen LogP contribution in [0, 0.1) is 0 Å². The normalized spacial score (nSPS) is 13.0. The first-order valence-electron chi connectivity index (χ1n) is 33.7. The number of ether oxygens (including phenoxy) is 3. The van der Waals surface area contributed by atoms with E-state index in [0.717, 1.165) is 135 Å². The highest BCUT2D eigenvalue weighted by Gasteiger charge is 2.19. The van der Waals surface area contributed by atoms with E-state index in [9.17, 15) is 14.4 Å². The second kappa shape index (κ2) is 68.1. The lowest BCUT2D eigenvalue weighted by atomic mass is 10.1. The molecule has 0 aromatic heterocycles. The fourth-order valence-corrected chi connectivity index (χ4v) is 9.18. The largest absolute Gasteiger partial charge is 0.462 e. The number of unbranched alkanes of at least 4 members (excludes halogenated alkanes) is 27. The Labute approximate surface area is 500 Å². The first kappa shape index (κ1) is 76.5. The average molecular weight is 1120 g/mol. The van der Waals surface area contributed by atoms with Crippen molar-refractivity contribution in [1.29, 1.82) is 0 Å². The SMILES string of the molecule is CC/C=C\C/C=C\C/C=C\C/C=C\C/C=C\C/C=C\C/C=C\C/C=C\CCCCCCCCCCCCC(=O)OCC(COC(=O)CCCCCCCCCCCCC)OC(=O)CCCCCCCCC/C=C\C/C=C\C/C=C\CC. The van der Waals surface area contributed by atoms with Gasteiger partial charge >= 0.3 is 17.9 Å². The Hall–Kier alpha value is -4.45. The molecule has 0 radical (unpaired) electrons. The van der Waals surface area contributed by atoms with Gasteiger partial charge in [0.25, 0.3) is 0 Å². The van der Waals surface area contributed by atoms with Crippen LogP contribution in [0.2, 0.25) is 0 Å². The molecule has 460 valence electrons. The van der Waals surface area contributed by atoms with Gasteiger partial charge in [-0.3, -0.25) is 14.4 Å². The van der Waals surface area contributed by atoms with Crippen molar-refractivity contribution in [3.8, 4) is 0 Å². The molecule has 0 aromatic rings. The molecule has 0 aliphatic rings. The lowest BCUT2D eigenvalue weighted by Crippen LogP contribution is -2.30. The minimum absolute atomic E-state index is 0.0827. The Morgan fingerprint density at radius 2 is 0.481 bits per heavy atom. The van der Waals surface area contributed by atoms with Gasteiger partial charge in [-0.05, 0) is 116 Å². The van der Waals surface area contributed by atoms with Gasteiger partial charge < -0.3 is 14.2 Å². The quantitative estimate of drug-likeness (QED) is 0.0261. The van der Waals surface area contributed by atoms with Crippen LogP contribution in [-0.2, 0) is 28.6 Å². The minimum Gasteiger partial charge on any atom is -0.462 e. The third-order valence-electron chi connectivity index (χ3n) is 14.2. The van der Waals surface area contributed by atoms with Crippen LogP contribution < -0.4 is 0 Å². The van der Waals surface area contributed by atoms with Gasteiger partial charge in [0.15, 0.2) is 6.10 Å². The predicted molar refractivity (Wildman–Crippen MR) is 353 cm³/mol. The lowest BCUT2D eigenvalue weighted by molar-refractivity contribution is -0.167. The van der Waals surface area contributed by atoms with Gasteiger partial charge in [0.1, 0.15) is 13.2 Å². The van der Waals surface area contributed by atoms with Crippen molar-refractivity contribution < 1.29 is 28.6 Å². The molecule has 0 N–H and O–H groups in total. The first-order valence-corrected chi connectivity index (χ1v) is 33.7. The van der Waals surface area contributed by atoms with Crippen LogP contribution in [0.3, 0.4) is 0 Å². The maximum atomic E-state index is 12.9. The smallest absolute Gasteiger partial charge is 0.306 e. The Morgan fingerprint density at radius 1 is 0.259 bits per heavy atom. The summed E-state index contributed by atoms with van der Waals surface area (Å²) in [6, 6.07) is 0. The molecular weight excluding hydrogens is 997 g/mol. The van der Waals surface area contributed by atoms with Crippen LogP contribution in [0.15, 0.2) is 134 Å². The highest BCUT2D eigenvalue weighted by atomic mass is 16.6. The van der Waals surface area contributed by atoms with Gasteiger partial charge in [-0.2, -0.15) is 0 Å². The standard InChI is InChI=1S/C75H124O6/c1-4-7-10-13-16-19-22-24-26-28-29-30-31-32-33-34-35-36-37-38-39-40-41-42-43-44-45-47-48-50-53-56-59-62-65-68-74(77)80-71-72(70-79-73(76)67-64-61-58-55-52-21-18-15-12-9-6-3)81-75(78)69-66-63-60-57-54-51-49-46-27-25-23-20-17-14-11-8-5-2/h7-8,10-11,16-17,19-20,24-27,29-30,32-33,35-36,38-39,41-42,72H,4-6,9,12-15,18,21-23,28,31,34,37,40,43-71H2,1-3H3/b10-7-,11-8-,19-16-,20-17-,26-24-,27-25-,30-29-,33-32-,36-35-,39-38-,42-41-. The number of carbonyl (C=O) groups is 3. The van der Waals surface area contributed by atoms with Crippen molar-refractivity contribution in [3.05, 3.63) is 134 Å². The van der Waals surface area contributed by atoms with Crippen molar-refractivity contribution in [2.24, 2.45) is 0 Å². The third-order valence-corrected chi connectivity index (χ3v) is 14.2. The number of hydrogen-bond acceptors (Lipinski definition) is 6. The second-order valence-corrected chi connectivity index (χ2v) is 22.0. The molecular formula is C75H124O6. The van der Waals surface area contributed by atoms with Crippen LogP contribution in [-0.4, -0.2) is 37.2 Å². The van der Waals surface area contributed by atoms with Crippen molar-refractivity contribution >= 4 is 17.9 Å². The van der Waals surface area contributed by atoms with Gasteiger partial charge in [-0.15, -0.1) is 0 Å². The molecule has 0 aromatic carbocycles. The van der Waals surface area contributed by atoms with Gasteiger partial charge in [0.05, 0.1) is 0 Å². The molecule has 1 unspecified atom stereocenters. The molecule has 6 heteroatoms. The van der Waals surface area contributed by atoms with Crippen molar-refractivity contribution in [1.82, 2.24) is 0 Å². The molecule has 0 saturated heterocycles. The Morgan fingerprint density at radius 3 is 0.753 bits per heavy atom. The molecule has 0 aliphatic heterocycles. The van der Waals surface area contributed by atoms with Crippen LogP contribution in [0.5, 0.6) is 0 Å².